The largest absolute Gasteiger partial charge is 0.465 e. The van der Waals surface area contributed by atoms with Crippen molar-refractivity contribution in [2.75, 3.05) is 34.4 Å². The highest BCUT2D eigenvalue weighted by molar-refractivity contribution is 5.97. The van der Waals surface area contributed by atoms with Gasteiger partial charge in [0, 0.05) is 12.0 Å². The van der Waals surface area contributed by atoms with Crippen molar-refractivity contribution < 1.29 is 34.1 Å². The van der Waals surface area contributed by atoms with Crippen molar-refractivity contribution >= 4 is 11.9 Å². The van der Waals surface area contributed by atoms with Gasteiger partial charge in [-0.1, -0.05) is 0 Å². The second kappa shape index (κ2) is 9.74. The summed E-state index contributed by atoms with van der Waals surface area (Å²) in [4.78, 5) is 23.8. The molecule has 0 spiro atoms. The minimum absolute atomic E-state index is 0.269. The highest BCUT2D eigenvalue weighted by atomic mass is 16.5. The summed E-state index contributed by atoms with van der Waals surface area (Å²) in [5.41, 5.74) is 1.16. The molecule has 1 heterocycles. The quantitative estimate of drug-likeness (QED) is 0.489. The van der Waals surface area contributed by atoms with E-state index in [2.05, 4.69) is 17.7 Å². The zero-order valence-corrected chi connectivity index (χ0v) is 15.4. The molecule has 0 radical (unpaired) electrons. The van der Waals surface area contributed by atoms with E-state index in [9.17, 15) is 9.59 Å². The molecule has 7 heteroatoms. The molecule has 0 saturated carbocycles. The summed E-state index contributed by atoms with van der Waals surface area (Å²) in [6, 6.07) is 8.47. The maximum Gasteiger partial charge on any atom is 0.337 e. The van der Waals surface area contributed by atoms with Crippen LogP contribution in [0.25, 0.3) is 11.3 Å². The molecule has 0 fully saturated rings. The standard InChI is InChI=1S/C19H24N2O5/c1-20-7-4-8-21-12-16-5-6-17(26-16)13-9-14(18(22)24-2)11-15(10-13)19(23)25-3/h5-6,9-11,20-21H,4,7-8,12H2,1-3H3/p+2. The van der Waals surface area contributed by atoms with E-state index in [0.29, 0.717) is 11.3 Å². The molecule has 1 aromatic carbocycles. The Labute approximate surface area is 152 Å². The number of nitrogens with two attached hydrogens (primary N) is 2. The number of methoxy groups -OCH3 is 2. The fraction of sp³-hybridized carbons (Fsp3) is 0.368. The highest BCUT2D eigenvalue weighted by Crippen LogP contribution is 2.25. The summed E-state index contributed by atoms with van der Waals surface area (Å²) >= 11 is 0. The van der Waals surface area contributed by atoms with E-state index in [4.69, 9.17) is 13.9 Å². The van der Waals surface area contributed by atoms with Crippen LogP contribution in [0, 0.1) is 0 Å². The minimum atomic E-state index is -0.523. The van der Waals surface area contributed by atoms with Gasteiger partial charge in [-0.15, -0.1) is 0 Å². The molecule has 0 saturated heterocycles. The van der Waals surface area contributed by atoms with Crippen molar-refractivity contribution in [3.8, 4) is 11.3 Å². The Morgan fingerprint density at radius 1 is 1.00 bits per heavy atom. The predicted octanol–water partition coefficient (Wildman–Crippen LogP) is 0.167. The third kappa shape index (κ3) is 5.18. The van der Waals surface area contributed by atoms with E-state index in [-0.39, 0.29) is 11.1 Å². The van der Waals surface area contributed by atoms with Crippen LogP contribution in [0.15, 0.2) is 34.7 Å². The van der Waals surface area contributed by atoms with Crippen LogP contribution >= 0.6 is 0 Å². The van der Waals surface area contributed by atoms with Crippen LogP contribution in [0.2, 0.25) is 0 Å². The molecule has 2 rings (SSSR count). The molecule has 2 aromatic rings. The molecule has 7 nitrogen and oxygen atoms in total. The van der Waals surface area contributed by atoms with Gasteiger partial charge in [0.1, 0.15) is 12.3 Å². The van der Waals surface area contributed by atoms with Gasteiger partial charge in [-0.25, -0.2) is 9.59 Å². The van der Waals surface area contributed by atoms with Crippen molar-refractivity contribution in [1.82, 2.24) is 0 Å². The predicted molar refractivity (Wildman–Crippen MR) is 94.7 cm³/mol. The number of hydrogen-bond acceptors (Lipinski definition) is 5. The summed E-state index contributed by atoms with van der Waals surface area (Å²) < 4.78 is 15.4. The maximum absolute atomic E-state index is 11.9. The Hall–Kier alpha value is -2.64. The van der Waals surface area contributed by atoms with Gasteiger partial charge in [0.05, 0.1) is 45.5 Å². The summed E-state index contributed by atoms with van der Waals surface area (Å²) in [7, 11) is 4.65. The summed E-state index contributed by atoms with van der Waals surface area (Å²) in [5.74, 6) is 0.379. The zero-order valence-electron chi connectivity index (χ0n) is 15.4. The van der Waals surface area contributed by atoms with Crippen molar-refractivity contribution in [2.24, 2.45) is 0 Å². The first-order valence-corrected chi connectivity index (χ1v) is 8.59. The van der Waals surface area contributed by atoms with Gasteiger partial charge in [-0.05, 0) is 30.3 Å². The molecule has 140 valence electrons. The van der Waals surface area contributed by atoms with Gasteiger partial charge in [0.2, 0.25) is 0 Å². The SMILES string of the molecule is C[NH2+]CCC[NH2+]Cc1ccc(-c2cc(C(=O)OC)cc(C(=O)OC)c2)o1. The van der Waals surface area contributed by atoms with E-state index in [1.807, 2.05) is 12.1 Å². The maximum atomic E-state index is 11.9. The Morgan fingerprint density at radius 2 is 1.65 bits per heavy atom. The smallest absolute Gasteiger partial charge is 0.337 e. The van der Waals surface area contributed by atoms with Crippen molar-refractivity contribution in [2.45, 2.75) is 13.0 Å². The van der Waals surface area contributed by atoms with Crippen molar-refractivity contribution in [3.05, 3.63) is 47.2 Å². The average molecular weight is 362 g/mol. The zero-order chi connectivity index (χ0) is 18.9. The molecule has 0 aliphatic carbocycles. The average Bonchev–Trinajstić information content (AvgIpc) is 3.15. The summed E-state index contributed by atoms with van der Waals surface area (Å²) in [5, 5.41) is 4.35. The first-order valence-electron chi connectivity index (χ1n) is 8.59. The van der Waals surface area contributed by atoms with Crippen LogP contribution in [-0.4, -0.2) is 46.3 Å². The van der Waals surface area contributed by atoms with Crippen LogP contribution in [0.1, 0.15) is 32.9 Å². The number of benzene rings is 1. The number of esters is 2. The number of quaternary nitrogens is 2. The molecule has 1 aromatic heterocycles. The third-order valence-corrected chi connectivity index (χ3v) is 3.97. The van der Waals surface area contributed by atoms with Gasteiger partial charge < -0.3 is 24.5 Å². The van der Waals surface area contributed by atoms with E-state index in [1.165, 1.54) is 20.3 Å². The van der Waals surface area contributed by atoms with E-state index >= 15 is 0 Å². The lowest BCUT2D eigenvalue weighted by Crippen LogP contribution is -2.85. The molecule has 0 aliphatic heterocycles. The van der Waals surface area contributed by atoms with Gasteiger partial charge in [0.15, 0.2) is 5.76 Å². The number of ether oxygens (including phenoxy) is 2. The van der Waals surface area contributed by atoms with Crippen LogP contribution < -0.4 is 10.6 Å². The van der Waals surface area contributed by atoms with Crippen LogP contribution in [0.5, 0.6) is 0 Å². The second-order valence-corrected chi connectivity index (χ2v) is 5.88. The number of carbonyl (C=O) groups is 2. The molecule has 0 atom stereocenters. The second-order valence-electron chi connectivity index (χ2n) is 5.88. The van der Waals surface area contributed by atoms with Crippen molar-refractivity contribution in [1.29, 1.82) is 0 Å². The Balaban J connectivity index is 2.19. The minimum Gasteiger partial charge on any atom is -0.465 e. The Bertz CT molecular complexity index is 720. The van der Waals surface area contributed by atoms with E-state index in [1.54, 1.807) is 12.1 Å². The molecule has 0 aliphatic rings. The molecular formula is C19H26N2O5+2. The lowest BCUT2D eigenvalue weighted by molar-refractivity contribution is -0.683. The van der Waals surface area contributed by atoms with Gasteiger partial charge in [0.25, 0.3) is 0 Å². The van der Waals surface area contributed by atoms with E-state index in [0.717, 1.165) is 31.8 Å². The lowest BCUT2D eigenvalue weighted by atomic mass is 10.0. The monoisotopic (exact) mass is 362 g/mol. The third-order valence-electron chi connectivity index (χ3n) is 3.97. The summed E-state index contributed by atoms with van der Waals surface area (Å²) in [6.07, 6.45) is 1.13. The molecular weight excluding hydrogens is 336 g/mol. The first kappa shape index (κ1) is 19.7. The van der Waals surface area contributed by atoms with Gasteiger partial charge in [-0.2, -0.15) is 0 Å². The number of furan rings is 1. The fourth-order valence-corrected chi connectivity index (χ4v) is 2.59. The number of rotatable bonds is 9. The topological polar surface area (TPSA) is 99.0 Å². The highest BCUT2D eigenvalue weighted by Gasteiger charge is 2.16. The molecule has 26 heavy (non-hydrogen) atoms. The fourth-order valence-electron chi connectivity index (χ4n) is 2.59. The number of carbonyl (C=O) groups excluding carboxylic acids is 2. The molecule has 4 N–H and O–H groups in total. The van der Waals surface area contributed by atoms with Crippen LogP contribution in [-0.2, 0) is 16.0 Å². The molecule has 0 bridgehead atoms. The first-order chi connectivity index (χ1) is 12.6. The van der Waals surface area contributed by atoms with Gasteiger partial charge >= 0.3 is 11.9 Å². The molecule has 0 unspecified atom stereocenters. The Kier molecular flexibility index (Phi) is 7.37. The van der Waals surface area contributed by atoms with Crippen molar-refractivity contribution in [3.63, 3.8) is 0 Å². The summed E-state index contributed by atoms with van der Waals surface area (Å²) in [6.45, 7) is 2.88. The lowest BCUT2D eigenvalue weighted by Gasteiger charge is -2.06. The van der Waals surface area contributed by atoms with Crippen LogP contribution in [0.3, 0.4) is 0 Å². The van der Waals surface area contributed by atoms with Gasteiger partial charge in [-0.3, -0.25) is 0 Å². The Morgan fingerprint density at radius 3 is 2.23 bits per heavy atom. The number of hydrogen-bond donors (Lipinski definition) is 2. The normalized spacial score (nSPS) is 10.6. The van der Waals surface area contributed by atoms with E-state index < -0.39 is 11.9 Å². The molecule has 0 amide bonds. The van der Waals surface area contributed by atoms with Crippen LogP contribution in [0.4, 0.5) is 0 Å².